The first-order valence-corrected chi connectivity index (χ1v) is 22.2. The van der Waals surface area contributed by atoms with Crippen molar-refractivity contribution in [2.45, 2.75) is 115 Å². The fourth-order valence-electron chi connectivity index (χ4n) is 10.4. The second-order valence-electron chi connectivity index (χ2n) is 18.9. The van der Waals surface area contributed by atoms with Gasteiger partial charge in [-0.2, -0.15) is 0 Å². The van der Waals surface area contributed by atoms with E-state index in [1.54, 1.807) is 40.1 Å². The molecule has 2 aromatic carbocycles. The minimum atomic E-state index is -3.16. The second kappa shape index (κ2) is 17.5. The number of H-pyrrole nitrogens is 2. The number of hydrogen-bond acceptors (Lipinski definition) is 8. The Morgan fingerprint density at radius 1 is 0.662 bits per heavy atom. The average Bonchev–Trinajstić information content (AvgIpc) is 4.14. The highest BCUT2D eigenvalue weighted by molar-refractivity contribution is 5.87. The maximum absolute atomic E-state index is 15.1. The van der Waals surface area contributed by atoms with Gasteiger partial charge in [0.15, 0.2) is 0 Å². The number of alkyl carbamates (subject to hydrolysis) is 2. The van der Waals surface area contributed by atoms with Gasteiger partial charge in [-0.15, -0.1) is 0 Å². The highest BCUT2D eigenvalue weighted by Gasteiger charge is 2.52. The van der Waals surface area contributed by atoms with Gasteiger partial charge >= 0.3 is 12.2 Å². The lowest BCUT2D eigenvalue weighted by Gasteiger charge is -2.29. The van der Waals surface area contributed by atoms with Crippen molar-refractivity contribution in [3.63, 3.8) is 0 Å². The number of halogens is 4. The molecule has 0 radical (unpaired) electrons. The molecule has 4 aromatic rings. The van der Waals surface area contributed by atoms with Crippen molar-refractivity contribution in [1.82, 2.24) is 40.4 Å². The van der Waals surface area contributed by atoms with E-state index in [1.807, 2.05) is 30.3 Å². The van der Waals surface area contributed by atoms with Crippen molar-refractivity contribution in [2.24, 2.45) is 17.3 Å². The van der Waals surface area contributed by atoms with Gasteiger partial charge in [-0.25, -0.2) is 37.1 Å². The maximum Gasteiger partial charge on any atom is 0.407 e. The number of carbonyl (C=O) groups is 4. The molecule has 4 aliphatic rings. The largest absolute Gasteiger partial charge is 0.453 e. The molecule has 4 heterocycles. The molecule has 0 bridgehead atoms. The summed E-state index contributed by atoms with van der Waals surface area (Å²) in [5.74, 6) is -7.94. The van der Waals surface area contributed by atoms with Crippen LogP contribution in [0.5, 0.6) is 0 Å². The number of nitrogens with one attached hydrogen (secondary N) is 4. The van der Waals surface area contributed by atoms with E-state index >= 15 is 8.78 Å². The third kappa shape index (κ3) is 9.04. The molecule has 348 valence electrons. The van der Waals surface area contributed by atoms with Crippen LogP contribution >= 0.6 is 0 Å². The predicted octanol–water partition coefficient (Wildman–Crippen LogP) is 8.37. The molecule has 2 saturated heterocycles. The lowest BCUT2D eigenvalue weighted by atomic mass is 9.82. The van der Waals surface area contributed by atoms with Gasteiger partial charge in [0.1, 0.15) is 23.7 Å². The summed E-state index contributed by atoms with van der Waals surface area (Å²) < 4.78 is 69.5. The van der Waals surface area contributed by atoms with Gasteiger partial charge in [-0.1, -0.05) is 76.9 Å². The molecule has 2 aliphatic heterocycles. The number of alkyl halides is 4. The molecule has 18 heteroatoms. The molecule has 65 heavy (non-hydrogen) atoms. The summed E-state index contributed by atoms with van der Waals surface area (Å²) in [5.41, 5.74) is 7.47. The van der Waals surface area contributed by atoms with Crippen molar-refractivity contribution in [1.29, 1.82) is 0 Å². The van der Waals surface area contributed by atoms with E-state index in [0.29, 0.717) is 11.4 Å². The van der Waals surface area contributed by atoms with E-state index in [2.05, 4.69) is 41.4 Å². The number of carbonyl (C=O) groups excluding carboxylic acids is 4. The Morgan fingerprint density at radius 2 is 1.09 bits per heavy atom. The fourth-order valence-corrected chi connectivity index (χ4v) is 10.4. The molecule has 1 saturated carbocycles. The molecular weight excluding hydrogens is 849 g/mol. The minimum Gasteiger partial charge on any atom is -0.453 e. The first-order chi connectivity index (χ1) is 30.8. The van der Waals surface area contributed by atoms with Crippen LogP contribution in [0.3, 0.4) is 0 Å². The van der Waals surface area contributed by atoms with E-state index in [9.17, 15) is 28.0 Å². The zero-order valence-corrected chi connectivity index (χ0v) is 37.4. The van der Waals surface area contributed by atoms with Gasteiger partial charge in [0.2, 0.25) is 11.8 Å². The van der Waals surface area contributed by atoms with E-state index in [0.717, 1.165) is 70.6 Å². The monoisotopic (exact) mass is 904 g/mol. The zero-order valence-electron chi connectivity index (χ0n) is 37.4. The molecule has 1 spiro atoms. The molecule has 4 atom stereocenters. The number of aromatic amines is 2. The van der Waals surface area contributed by atoms with Crippen LogP contribution in [0.4, 0.5) is 27.2 Å². The lowest BCUT2D eigenvalue weighted by Crippen LogP contribution is -2.51. The first kappa shape index (κ1) is 45.6. The number of benzene rings is 2. The third-order valence-electron chi connectivity index (χ3n) is 13.7. The van der Waals surface area contributed by atoms with Gasteiger partial charge in [-0.3, -0.25) is 9.59 Å². The van der Waals surface area contributed by atoms with Crippen LogP contribution in [-0.4, -0.2) is 105 Å². The molecule has 4 amide bonds. The maximum atomic E-state index is 15.1. The van der Waals surface area contributed by atoms with Crippen LogP contribution < -0.4 is 10.6 Å². The van der Waals surface area contributed by atoms with Crippen LogP contribution in [0.2, 0.25) is 0 Å². The number of methoxy groups -OCH3 is 2. The summed E-state index contributed by atoms with van der Waals surface area (Å²) >= 11 is 0. The number of amides is 4. The topological polar surface area (TPSA) is 175 Å². The number of likely N-dealkylation sites (tertiary alicyclic amines) is 2. The van der Waals surface area contributed by atoms with E-state index in [-0.39, 0.29) is 17.1 Å². The Labute approximate surface area is 374 Å². The highest BCUT2D eigenvalue weighted by atomic mass is 19.3. The number of imidazole rings is 2. The lowest BCUT2D eigenvalue weighted by molar-refractivity contribution is -0.137. The van der Waals surface area contributed by atoms with E-state index in [4.69, 9.17) is 4.74 Å². The summed E-state index contributed by atoms with van der Waals surface area (Å²) in [6.45, 7) is 5.25. The number of fused-ring (bicyclic) bond motifs is 1. The van der Waals surface area contributed by atoms with E-state index in [1.165, 1.54) is 25.3 Å². The molecular formula is C47H56F4N8O6. The van der Waals surface area contributed by atoms with Crippen molar-refractivity contribution in [3.8, 4) is 33.6 Å². The zero-order chi connectivity index (χ0) is 46.6. The average molecular weight is 905 g/mol. The smallest absolute Gasteiger partial charge is 0.407 e. The van der Waals surface area contributed by atoms with Crippen LogP contribution in [0, 0.1) is 17.3 Å². The number of aromatic nitrogens is 4. The van der Waals surface area contributed by atoms with Gasteiger partial charge in [-0.05, 0) is 70.8 Å². The molecule has 3 fully saturated rings. The van der Waals surface area contributed by atoms with Crippen LogP contribution in [0.15, 0.2) is 48.8 Å². The number of rotatable bonds is 11. The molecule has 0 unspecified atom stereocenters. The molecule has 2 aliphatic carbocycles. The van der Waals surface area contributed by atoms with Gasteiger partial charge in [0, 0.05) is 18.4 Å². The van der Waals surface area contributed by atoms with Crippen molar-refractivity contribution in [2.75, 3.05) is 27.3 Å². The minimum absolute atomic E-state index is 0.106. The van der Waals surface area contributed by atoms with Gasteiger partial charge < -0.3 is 39.9 Å². The Balaban J connectivity index is 1.06. The van der Waals surface area contributed by atoms with E-state index < -0.39 is 97.8 Å². The standard InChI is InChI=1S/C47H56F4N8O6/c1-25(2)37(56-43(62)64-5)41(60)58-23-46(48,49)19-35(58)39-52-21-33(54-39)28-11-9-27(10-12-28)29-13-14-30(32-18-45(17-31(29)32)15-7-8-16-45)34-22-53-40(55-34)36-20-47(50,51)24-59(36)42(61)38(26(3)4)57-44(63)65-6/h9-14,21-22,25-26,35-38H,7-8,15-20,23-24H2,1-6H3,(H,52,54)(H,53,55)(H,56,62)(H,57,63)/t35-,36-,37-,38-/m0/s1. The summed E-state index contributed by atoms with van der Waals surface area (Å²) in [6, 6.07) is 7.76. The molecule has 4 N–H and O–H groups in total. The fraction of sp³-hybridized carbons (Fsp3) is 0.532. The third-order valence-corrected chi connectivity index (χ3v) is 13.7. The van der Waals surface area contributed by atoms with Gasteiger partial charge in [0.05, 0.1) is 63.2 Å². The SMILES string of the molecule is COC(=O)N[C@H](C(=O)N1CC(F)(F)C[C@H]1c1ncc(-c2ccc(-c3ccc(-c4cnc([C@@H]5CC(F)(F)CN5C(=O)[C@@H](NC(=O)OC)C(C)C)[nH]4)c4c3CC3(CCCC3)C4)cc2)[nH]1)C(C)C. The summed E-state index contributed by atoms with van der Waals surface area (Å²) in [5, 5.41) is 4.99. The Hall–Kier alpha value is -5.94. The van der Waals surface area contributed by atoms with Crippen LogP contribution in [-0.2, 0) is 31.9 Å². The van der Waals surface area contributed by atoms with Crippen LogP contribution in [0.1, 0.15) is 101 Å². The summed E-state index contributed by atoms with van der Waals surface area (Å²) in [7, 11) is 2.34. The normalized spacial score (nSPS) is 21.5. The van der Waals surface area contributed by atoms with Gasteiger partial charge in [0.25, 0.3) is 11.8 Å². The predicted molar refractivity (Wildman–Crippen MR) is 232 cm³/mol. The summed E-state index contributed by atoms with van der Waals surface area (Å²) in [4.78, 5) is 69.2. The molecule has 8 rings (SSSR count). The second-order valence-corrected chi connectivity index (χ2v) is 18.9. The Morgan fingerprint density at radius 3 is 1.57 bits per heavy atom. The quantitative estimate of drug-likeness (QED) is 0.109. The van der Waals surface area contributed by atoms with Crippen molar-refractivity contribution in [3.05, 3.63) is 71.6 Å². The molecule has 2 aromatic heterocycles. The number of hydrogen-bond donors (Lipinski definition) is 4. The highest BCUT2D eigenvalue weighted by Crippen LogP contribution is 2.53. The first-order valence-electron chi connectivity index (χ1n) is 22.2. The Kier molecular flexibility index (Phi) is 12.3. The molecule has 14 nitrogen and oxygen atoms in total. The number of nitrogens with zero attached hydrogens (tertiary/aromatic N) is 4. The number of ether oxygens (including phenoxy) is 2. The summed E-state index contributed by atoms with van der Waals surface area (Å²) in [6.07, 6.45) is 6.52. The van der Waals surface area contributed by atoms with Crippen molar-refractivity contribution >= 4 is 24.0 Å². The van der Waals surface area contributed by atoms with Crippen molar-refractivity contribution < 1.29 is 46.2 Å². The van der Waals surface area contributed by atoms with Crippen LogP contribution in [0.25, 0.3) is 33.6 Å². The Bertz CT molecular complexity index is 2450.